The maximum atomic E-state index is 10.8. The van der Waals surface area contributed by atoms with E-state index in [2.05, 4.69) is 23.5 Å². The molecule has 2 N–H and O–H groups in total. The number of carbonyl (C=O) groups is 1. The van der Waals surface area contributed by atoms with E-state index in [0.29, 0.717) is 12.1 Å². The van der Waals surface area contributed by atoms with Gasteiger partial charge >= 0.3 is 5.97 Å². The van der Waals surface area contributed by atoms with Crippen LogP contribution in [0, 0.1) is 0 Å². The van der Waals surface area contributed by atoms with Crippen molar-refractivity contribution >= 4 is 23.0 Å². The van der Waals surface area contributed by atoms with Crippen LogP contribution in [0.3, 0.4) is 0 Å². The van der Waals surface area contributed by atoms with Crippen LogP contribution in [0.25, 0.3) is 0 Å². The van der Waals surface area contributed by atoms with Gasteiger partial charge < -0.3 is 10.4 Å². The summed E-state index contributed by atoms with van der Waals surface area (Å²) < 4.78 is 0. The van der Waals surface area contributed by atoms with Crippen molar-refractivity contribution in [1.29, 1.82) is 0 Å². The standard InChI is InChI=1S/C15H15NO2S/c17-15(18)12-7-14(19-9-12)8-16-13-5-4-10-2-1-3-11(10)6-13/h4-7,9,16H,1-3,8H2,(H,17,18). The van der Waals surface area contributed by atoms with E-state index < -0.39 is 5.97 Å². The zero-order valence-electron chi connectivity index (χ0n) is 10.5. The number of anilines is 1. The fourth-order valence-corrected chi connectivity index (χ4v) is 3.25. The molecule has 0 fully saturated rings. The number of rotatable bonds is 4. The molecule has 2 aromatic rings. The summed E-state index contributed by atoms with van der Waals surface area (Å²) in [6.07, 6.45) is 3.63. The Bertz CT molecular complexity index is 618. The summed E-state index contributed by atoms with van der Waals surface area (Å²) in [4.78, 5) is 11.8. The molecule has 4 heteroatoms. The molecular weight excluding hydrogens is 258 g/mol. The highest BCUT2D eigenvalue weighted by Crippen LogP contribution is 2.25. The molecule has 0 unspecified atom stereocenters. The lowest BCUT2D eigenvalue weighted by molar-refractivity contribution is 0.0697. The van der Waals surface area contributed by atoms with Gasteiger partial charge in [0.1, 0.15) is 0 Å². The van der Waals surface area contributed by atoms with E-state index in [0.717, 1.165) is 10.6 Å². The van der Waals surface area contributed by atoms with E-state index in [1.54, 1.807) is 11.4 Å². The molecule has 0 radical (unpaired) electrons. The maximum Gasteiger partial charge on any atom is 0.336 e. The number of hydrogen-bond donors (Lipinski definition) is 2. The highest BCUT2D eigenvalue weighted by atomic mass is 32.1. The first-order chi connectivity index (χ1) is 9.22. The first-order valence-corrected chi connectivity index (χ1v) is 7.27. The number of carboxylic acids is 1. The third-order valence-corrected chi connectivity index (χ3v) is 4.40. The van der Waals surface area contributed by atoms with Crippen molar-refractivity contribution in [3.05, 3.63) is 51.2 Å². The van der Waals surface area contributed by atoms with Crippen LogP contribution in [-0.4, -0.2) is 11.1 Å². The molecule has 0 amide bonds. The Morgan fingerprint density at radius 3 is 2.89 bits per heavy atom. The van der Waals surface area contributed by atoms with Crippen molar-refractivity contribution < 1.29 is 9.90 Å². The van der Waals surface area contributed by atoms with Crippen LogP contribution in [0.2, 0.25) is 0 Å². The third kappa shape index (κ3) is 2.63. The molecule has 0 bridgehead atoms. The van der Waals surface area contributed by atoms with Gasteiger partial charge in [0.15, 0.2) is 0 Å². The first-order valence-electron chi connectivity index (χ1n) is 6.39. The van der Waals surface area contributed by atoms with Crippen LogP contribution < -0.4 is 5.32 Å². The molecule has 19 heavy (non-hydrogen) atoms. The fraction of sp³-hybridized carbons (Fsp3) is 0.267. The van der Waals surface area contributed by atoms with Gasteiger partial charge in [0.05, 0.1) is 5.56 Å². The molecule has 3 nitrogen and oxygen atoms in total. The summed E-state index contributed by atoms with van der Waals surface area (Å²) in [5.41, 5.74) is 4.40. The van der Waals surface area contributed by atoms with Gasteiger partial charge in [-0.1, -0.05) is 6.07 Å². The van der Waals surface area contributed by atoms with Gasteiger partial charge in [-0.2, -0.15) is 0 Å². The van der Waals surface area contributed by atoms with Gasteiger partial charge in [-0.3, -0.25) is 0 Å². The van der Waals surface area contributed by atoms with Crippen molar-refractivity contribution in [2.75, 3.05) is 5.32 Å². The second-order valence-corrected chi connectivity index (χ2v) is 5.79. The lowest BCUT2D eigenvalue weighted by Gasteiger charge is -2.07. The summed E-state index contributed by atoms with van der Waals surface area (Å²) in [6, 6.07) is 8.25. The lowest BCUT2D eigenvalue weighted by atomic mass is 10.1. The Morgan fingerprint density at radius 1 is 1.26 bits per heavy atom. The number of benzene rings is 1. The van der Waals surface area contributed by atoms with Gasteiger partial charge in [-0.05, 0) is 48.6 Å². The van der Waals surface area contributed by atoms with E-state index in [1.165, 1.54) is 41.7 Å². The summed E-state index contributed by atoms with van der Waals surface area (Å²) in [5, 5.41) is 13.9. The van der Waals surface area contributed by atoms with E-state index in [1.807, 2.05) is 0 Å². The minimum atomic E-state index is -0.861. The predicted molar refractivity (Wildman–Crippen MR) is 77.1 cm³/mol. The Balaban J connectivity index is 1.67. The molecule has 1 aromatic carbocycles. The average molecular weight is 273 g/mol. The van der Waals surface area contributed by atoms with Crippen LogP contribution in [-0.2, 0) is 19.4 Å². The summed E-state index contributed by atoms with van der Waals surface area (Å²) in [7, 11) is 0. The smallest absolute Gasteiger partial charge is 0.336 e. The fourth-order valence-electron chi connectivity index (χ4n) is 2.46. The van der Waals surface area contributed by atoms with Gasteiger partial charge in [0.25, 0.3) is 0 Å². The number of hydrogen-bond acceptors (Lipinski definition) is 3. The molecule has 3 rings (SSSR count). The third-order valence-electron chi connectivity index (χ3n) is 3.47. The Kier molecular flexibility index (Phi) is 3.25. The monoisotopic (exact) mass is 273 g/mol. The van der Waals surface area contributed by atoms with Gasteiger partial charge in [-0.15, -0.1) is 11.3 Å². The molecule has 0 saturated carbocycles. The molecular formula is C15H15NO2S. The zero-order chi connectivity index (χ0) is 13.2. The second-order valence-electron chi connectivity index (χ2n) is 4.80. The van der Waals surface area contributed by atoms with Crippen LogP contribution >= 0.6 is 11.3 Å². The molecule has 1 aliphatic rings. The minimum absolute atomic E-state index is 0.371. The Morgan fingerprint density at radius 2 is 2.11 bits per heavy atom. The Labute approximate surface area is 115 Å². The number of fused-ring (bicyclic) bond motifs is 1. The molecule has 98 valence electrons. The van der Waals surface area contributed by atoms with Crippen molar-refractivity contribution in [2.24, 2.45) is 0 Å². The molecule has 0 saturated heterocycles. The van der Waals surface area contributed by atoms with Gasteiger partial charge in [-0.25, -0.2) is 4.79 Å². The van der Waals surface area contributed by atoms with Crippen molar-refractivity contribution in [3.8, 4) is 0 Å². The number of aryl methyl sites for hydroxylation is 2. The SMILES string of the molecule is O=C(O)c1csc(CNc2ccc3c(c2)CCC3)c1. The molecule has 1 aliphatic carbocycles. The van der Waals surface area contributed by atoms with Crippen LogP contribution in [0.5, 0.6) is 0 Å². The molecule has 0 spiro atoms. The number of nitrogens with one attached hydrogen (secondary N) is 1. The Hall–Kier alpha value is -1.81. The maximum absolute atomic E-state index is 10.8. The molecule has 1 heterocycles. The van der Waals surface area contributed by atoms with E-state index >= 15 is 0 Å². The topological polar surface area (TPSA) is 49.3 Å². The summed E-state index contributed by atoms with van der Waals surface area (Å²) in [5.74, 6) is -0.861. The second kappa shape index (κ2) is 5.05. The average Bonchev–Trinajstić information content (AvgIpc) is 3.04. The van der Waals surface area contributed by atoms with E-state index in [4.69, 9.17) is 5.11 Å². The van der Waals surface area contributed by atoms with Crippen molar-refractivity contribution in [2.45, 2.75) is 25.8 Å². The van der Waals surface area contributed by atoms with E-state index in [-0.39, 0.29) is 0 Å². The van der Waals surface area contributed by atoms with Crippen molar-refractivity contribution in [3.63, 3.8) is 0 Å². The lowest BCUT2D eigenvalue weighted by Crippen LogP contribution is -1.99. The minimum Gasteiger partial charge on any atom is -0.478 e. The number of carboxylic acid groups (broad SMARTS) is 1. The normalized spacial score (nSPS) is 13.3. The van der Waals surface area contributed by atoms with Gasteiger partial charge in [0.2, 0.25) is 0 Å². The van der Waals surface area contributed by atoms with Crippen LogP contribution in [0.1, 0.15) is 32.8 Å². The predicted octanol–water partition coefficient (Wildman–Crippen LogP) is 3.55. The number of aromatic carboxylic acids is 1. The van der Waals surface area contributed by atoms with E-state index in [9.17, 15) is 4.79 Å². The largest absolute Gasteiger partial charge is 0.478 e. The molecule has 0 atom stereocenters. The molecule has 0 aliphatic heterocycles. The molecule has 1 aromatic heterocycles. The van der Waals surface area contributed by atoms with Crippen LogP contribution in [0.4, 0.5) is 5.69 Å². The number of thiophene rings is 1. The highest BCUT2D eigenvalue weighted by Gasteiger charge is 2.11. The zero-order valence-corrected chi connectivity index (χ0v) is 11.3. The summed E-state index contributed by atoms with van der Waals surface area (Å²) in [6.45, 7) is 0.677. The first kappa shape index (κ1) is 12.2. The van der Waals surface area contributed by atoms with Gasteiger partial charge in [0, 0.05) is 22.5 Å². The van der Waals surface area contributed by atoms with Crippen LogP contribution in [0.15, 0.2) is 29.6 Å². The summed E-state index contributed by atoms with van der Waals surface area (Å²) >= 11 is 1.48. The quantitative estimate of drug-likeness (QED) is 0.895. The highest BCUT2D eigenvalue weighted by molar-refractivity contribution is 7.10. The van der Waals surface area contributed by atoms with Crippen molar-refractivity contribution in [1.82, 2.24) is 0 Å².